The van der Waals surface area contributed by atoms with Gasteiger partial charge >= 0.3 is 0 Å². The van der Waals surface area contributed by atoms with Crippen molar-refractivity contribution in [3.63, 3.8) is 0 Å². The van der Waals surface area contributed by atoms with E-state index in [2.05, 4.69) is 10.3 Å². The molecule has 0 spiro atoms. The fourth-order valence-electron chi connectivity index (χ4n) is 1.70. The number of hydrogen-bond acceptors (Lipinski definition) is 2. The molecule has 0 N–H and O–H groups in total. The van der Waals surface area contributed by atoms with E-state index in [1.807, 2.05) is 18.2 Å². The number of carbonyl (C=O) groups excluding carboxylic acids is 1. The third kappa shape index (κ3) is 1.13. The molecule has 0 fully saturated rings. The number of rotatable bonds is 0. The van der Waals surface area contributed by atoms with Gasteiger partial charge in [0.25, 0.3) is 0 Å². The third-order valence-electron chi connectivity index (χ3n) is 2.43. The summed E-state index contributed by atoms with van der Waals surface area (Å²) >= 11 is 0. The van der Waals surface area contributed by atoms with Gasteiger partial charge in [-0.05, 0) is 18.2 Å². The number of nitrogens with zero attached hydrogens (tertiary/aromatic N) is 2. The van der Waals surface area contributed by atoms with Crippen LogP contribution in [0.25, 0.3) is 0 Å². The predicted octanol–water partition coefficient (Wildman–Crippen LogP) is 2.19. The molecule has 0 saturated heterocycles. The van der Waals surface area contributed by atoms with Crippen LogP contribution >= 0.6 is 0 Å². The molecule has 0 unspecified atom stereocenters. The van der Waals surface area contributed by atoms with Gasteiger partial charge in [0.1, 0.15) is 0 Å². The average molecular weight is 195 g/mol. The number of hydrogen-bond donors (Lipinski definition) is 0. The van der Waals surface area contributed by atoms with Crippen molar-refractivity contribution in [1.82, 2.24) is 10.3 Å². The second-order valence-corrected chi connectivity index (χ2v) is 3.35. The smallest absolute Gasteiger partial charge is 0.198 e. The average Bonchev–Trinajstić information content (AvgIpc) is 2.30. The molecular formula is C12H7N2O. The Hall–Kier alpha value is -2.16. The van der Waals surface area contributed by atoms with E-state index >= 15 is 0 Å². The van der Waals surface area contributed by atoms with E-state index in [0.717, 1.165) is 5.69 Å². The van der Waals surface area contributed by atoms with Crippen LogP contribution in [0.15, 0.2) is 42.7 Å². The molecule has 15 heavy (non-hydrogen) atoms. The van der Waals surface area contributed by atoms with Gasteiger partial charge in [-0.15, -0.1) is 0 Å². The largest absolute Gasteiger partial charge is 0.288 e. The van der Waals surface area contributed by atoms with Crippen molar-refractivity contribution in [3.05, 3.63) is 53.9 Å². The molecule has 1 aromatic heterocycles. The van der Waals surface area contributed by atoms with Gasteiger partial charge in [0.15, 0.2) is 5.78 Å². The quantitative estimate of drug-likeness (QED) is 0.552. The van der Waals surface area contributed by atoms with Crippen molar-refractivity contribution in [2.45, 2.75) is 0 Å². The van der Waals surface area contributed by atoms with Gasteiger partial charge in [-0.2, -0.15) is 0 Å². The van der Waals surface area contributed by atoms with Crippen molar-refractivity contribution in [2.75, 3.05) is 0 Å². The molecule has 0 bridgehead atoms. The van der Waals surface area contributed by atoms with Crippen molar-refractivity contribution in [1.29, 1.82) is 0 Å². The summed E-state index contributed by atoms with van der Waals surface area (Å²) in [5, 5.41) is 4.40. The molecule has 0 saturated carbocycles. The third-order valence-corrected chi connectivity index (χ3v) is 2.43. The number of fused-ring (bicyclic) bond motifs is 2. The molecule has 2 heterocycles. The molecule has 0 atom stereocenters. The van der Waals surface area contributed by atoms with Gasteiger partial charge < -0.3 is 0 Å². The Balaban J connectivity index is 2.24. The van der Waals surface area contributed by atoms with Crippen molar-refractivity contribution in [3.8, 4) is 0 Å². The second kappa shape index (κ2) is 2.92. The van der Waals surface area contributed by atoms with Crippen LogP contribution in [0.1, 0.15) is 15.9 Å². The molecule has 0 aliphatic carbocycles. The number of benzene rings is 1. The SMILES string of the molecule is O=C1c2ccccc2[N]c2ccncc21. The Labute approximate surface area is 86.8 Å². The summed E-state index contributed by atoms with van der Waals surface area (Å²) in [4.78, 5) is 15.9. The molecule has 3 heteroatoms. The lowest BCUT2D eigenvalue weighted by molar-refractivity contribution is 0.103. The minimum absolute atomic E-state index is 0.00343. The first-order valence-corrected chi connectivity index (χ1v) is 4.66. The highest BCUT2D eigenvalue weighted by Crippen LogP contribution is 2.31. The summed E-state index contributed by atoms with van der Waals surface area (Å²) in [6.45, 7) is 0. The maximum Gasteiger partial charge on any atom is 0.198 e. The molecule has 3 rings (SSSR count). The molecule has 71 valence electrons. The number of carbonyl (C=O) groups is 1. The molecule has 3 nitrogen and oxygen atoms in total. The lowest BCUT2D eigenvalue weighted by Gasteiger charge is -2.16. The van der Waals surface area contributed by atoms with E-state index < -0.39 is 0 Å². The summed E-state index contributed by atoms with van der Waals surface area (Å²) in [6.07, 6.45) is 3.21. The van der Waals surface area contributed by atoms with Gasteiger partial charge in [0.05, 0.1) is 16.9 Å². The predicted molar refractivity (Wildman–Crippen MR) is 55.6 cm³/mol. The van der Waals surface area contributed by atoms with Crippen LogP contribution in [0.5, 0.6) is 0 Å². The number of para-hydroxylation sites is 1. The molecule has 1 aliphatic rings. The molecule has 2 aromatic rings. The summed E-state index contributed by atoms with van der Waals surface area (Å²) < 4.78 is 0. The fourth-order valence-corrected chi connectivity index (χ4v) is 1.70. The van der Waals surface area contributed by atoms with Crippen molar-refractivity contribution >= 4 is 17.2 Å². The Morgan fingerprint density at radius 3 is 2.67 bits per heavy atom. The zero-order valence-electron chi connectivity index (χ0n) is 7.84. The molecule has 1 aromatic carbocycles. The van der Waals surface area contributed by atoms with Crippen LogP contribution in [0, 0.1) is 0 Å². The first kappa shape index (κ1) is 8.17. The van der Waals surface area contributed by atoms with E-state index in [1.54, 1.807) is 24.5 Å². The van der Waals surface area contributed by atoms with Crippen LogP contribution in [0.2, 0.25) is 0 Å². The lowest BCUT2D eigenvalue weighted by atomic mass is 9.98. The van der Waals surface area contributed by atoms with Crippen LogP contribution in [0.4, 0.5) is 11.4 Å². The topological polar surface area (TPSA) is 44.1 Å². The van der Waals surface area contributed by atoms with Crippen LogP contribution in [-0.2, 0) is 0 Å². The van der Waals surface area contributed by atoms with E-state index in [-0.39, 0.29) is 5.78 Å². The summed E-state index contributed by atoms with van der Waals surface area (Å²) in [7, 11) is 0. The minimum atomic E-state index is 0.00343. The van der Waals surface area contributed by atoms with Crippen molar-refractivity contribution in [2.24, 2.45) is 0 Å². The summed E-state index contributed by atoms with van der Waals surface area (Å²) in [5.74, 6) is 0.00343. The van der Waals surface area contributed by atoms with Crippen LogP contribution in [0.3, 0.4) is 0 Å². The van der Waals surface area contributed by atoms with Crippen LogP contribution in [-0.4, -0.2) is 10.8 Å². The molecule has 0 amide bonds. The van der Waals surface area contributed by atoms with Gasteiger partial charge in [-0.1, -0.05) is 12.1 Å². The zero-order chi connectivity index (χ0) is 10.3. The summed E-state index contributed by atoms with van der Waals surface area (Å²) in [5.41, 5.74) is 2.67. The highest BCUT2D eigenvalue weighted by Gasteiger charge is 2.23. The van der Waals surface area contributed by atoms with Gasteiger partial charge in [0, 0.05) is 18.0 Å². The van der Waals surface area contributed by atoms with E-state index in [4.69, 9.17) is 0 Å². The van der Waals surface area contributed by atoms with Crippen LogP contribution < -0.4 is 5.32 Å². The highest BCUT2D eigenvalue weighted by atomic mass is 16.1. The number of pyridine rings is 1. The molecular weight excluding hydrogens is 188 g/mol. The first-order chi connectivity index (χ1) is 7.36. The van der Waals surface area contributed by atoms with E-state index in [1.165, 1.54) is 0 Å². The maximum absolute atomic E-state index is 12.0. The monoisotopic (exact) mass is 195 g/mol. The van der Waals surface area contributed by atoms with Gasteiger partial charge in [0.2, 0.25) is 0 Å². The Morgan fingerprint density at radius 2 is 1.73 bits per heavy atom. The standard InChI is InChI=1S/C12H7N2O/c15-12-8-3-1-2-4-10(8)14-11-5-6-13-7-9(11)12/h1-7H. The van der Waals surface area contributed by atoms with Gasteiger partial charge in [-0.25, -0.2) is 5.32 Å². The van der Waals surface area contributed by atoms with E-state index in [0.29, 0.717) is 16.8 Å². The Bertz CT molecular complexity index is 501. The lowest BCUT2D eigenvalue weighted by Crippen LogP contribution is -2.13. The zero-order valence-corrected chi connectivity index (χ0v) is 7.84. The molecule has 1 radical (unpaired) electrons. The Morgan fingerprint density at radius 1 is 0.933 bits per heavy atom. The van der Waals surface area contributed by atoms with E-state index in [9.17, 15) is 4.79 Å². The number of aromatic nitrogens is 1. The van der Waals surface area contributed by atoms with Gasteiger partial charge in [-0.3, -0.25) is 9.78 Å². The van der Waals surface area contributed by atoms with Crippen molar-refractivity contribution < 1.29 is 4.79 Å². The molecule has 1 aliphatic heterocycles. The first-order valence-electron chi connectivity index (χ1n) is 4.66. The second-order valence-electron chi connectivity index (χ2n) is 3.35. The number of ketones is 1. The fraction of sp³-hybridized carbons (Fsp3) is 0. The summed E-state index contributed by atoms with van der Waals surface area (Å²) in [6, 6.07) is 9.10. The normalized spacial score (nSPS) is 12.7. The Kier molecular flexibility index (Phi) is 1.59. The minimum Gasteiger partial charge on any atom is -0.288 e. The highest BCUT2D eigenvalue weighted by molar-refractivity contribution is 6.16. The maximum atomic E-state index is 12.0.